The molecule has 124 valence electrons. The van der Waals surface area contributed by atoms with Crippen molar-refractivity contribution in [3.8, 4) is 0 Å². The number of nitrogens with one attached hydrogen (secondary N) is 1. The van der Waals surface area contributed by atoms with E-state index in [1.165, 1.54) is 5.56 Å². The Balaban J connectivity index is 1.83. The number of amides is 2. The highest BCUT2D eigenvalue weighted by Crippen LogP contribution is 2.28. The molecule has 24 heavy (non-hydrogen) atoms. The molecule has 1 aliphatic rings. The fraction of sp³-hybridized carbons (Fsp3) is 0.300. The lowest BCUT2D eigenvalue weighted by Crippen LogP contribution is -2.41. The van der Waals surface area contributed by atoms with Crippen LogP contribution < -0.4 is 10.2 Å². The van der Waals surface area contributed by atoms with Gasteiger partial charge >= 0.3 is 0 Å². The van der Waals surface area contributed by atoms with Crippen LogP contribution >= 0.6 is 0 Å². The van der Waals surface area contributed by atoms with Crippen LogP contribution in [0.25, 0.3) is 0 Å². The van der Waals surface area contributed by atoms with E-state index in [9.17, 15) is 9.59 Å². The molecule has 1 N–H and O–H groups in total. The number of hydrogen-bond acceptors (Lipinski definition) is 2. The first kappa shape index (κ1) is 16.2. The van der Waals surface area contributed by atoms with Crippen molar-refractivity contribution in [2.45, 2.75) is 39.2 Å². The van der Waals surface area contributed by atoms with E-state index in [1.54, 1.807) is 4.90 Å². The second kappa shape index (κ2) is 6.87. The summed E-state index contributed by atoms with van der Waals surface area (Å²) in [7, 11) is 0. The van der Waals surface area contributed by atoms with E-state index in [4.69, 9.17) is 0 Å². The molecule has 4 nitrogen and oxygen atoms in total. The van der Waals surface area contributed by atoms with Gasteiger partial charge in [-0.2, -0.15) is 0 Å². The molecule has 0 radical (unpaired) electrons. The maximum Gasteiger partial charge on any atom is 0.247 e. The van der Waals surface area contributed by atoms with E-state index < -0.39 is 6.04 Å². The normalized spacial score (nSPS) is 17.2. The number of para-hydroxylation sites is 1. The van der Waals surface area contributed by atoms with Gasteiger partial charge in [-0.15, -0.1) is 0 Å². The summed E-state index contributed by atoms with van der Waals surface area (Å²) in [6, 6.07) is 15.0. The third-order valence-corrected chi connectivity index (χ3v) is 4.52. The van der Waals surface area contributed by atoms with Gasteiger partial charge in [0.15, 0.2) is 0 Å². The molecule has 1 heterocycles. The molecular weight excluding hydrogens is 300 g/mol. The molecule has 0 aromatic heterocycles. The van der Waals surface area contributed by atoms with Crippen LogP contribution in [-0.4, -0.2) is 17.9 Å². The Morgan fingerprint density at radius 1 is 1.21 bits per heavy atom. The lowest BCUT2D eigenvalue weighted by Gasteiger charge is -2.24. The lowest BCUT2D eigenvalue weighted by atomic mass is 10.1. The van der Waals surface area contributed by atoms with Crippen molar-refractivity contribution in [3.05, 3.63) is 59.7 Å². The van der Waals surface area contributed by atoms with E-state index in [1.807, 2.05) is 49.4 Å². The van der Waals surface area contributed by atoms with Crippen molar-refractivity contribution in [1.29, 1.82) is 0 Å². The number of aryl methyl sites for hydroxylation is 2. The average Bonchev–Trinajstić information content (AvgIpc) is 2.99. The van der Waals surface area contributed by atoms with Gasteiger partial charge in [0.25, 0.3) is 0 Å². The van der Waals surface area contributed by atoms with Crippen LogP contribution in [0.15, 0.2) is 48.5 Å². The molecule has 0 spiro atoms. The van der Waals surface area contributed by atoms with Crippen molar-refractivity contribution < 1.29 is 9.59 Å². The van der Waals surface area contributed by atoms with Crippen molar-refractivity contribution in [2.75, 3.05) is 10.2 Å². The third kappa shape index (κ3) is 3.18. The van der Waals surface area contributed by atoms with Gasteiger partial charge in [0, 0.05) is 17.8 Å². The maximum atomic E-state index is 12.8. The Hall–Kier alpha value is -2.62. The first-order valence-electron chi connectivity index (χ1n) is 8.37. The fourth-order valence-electron chi connectivity index (χ4n) is 3.08. The highest BCUT2D eigenvalue weighted by atomic mass is 16.2. The Morgan fingerprint density at radius 2 is 1.96 bits per heavy atom. The summed E-state index contributed by atoms with van der Waals surface area (Å²) in [6.07, 6.45) is 1.87. The van der Waals surface area contributed by atoms with Crippen molar-refractivity contribution in [3.63, 3.8) is 0 Å². The zero-order valence-electron chi connectivity index (χ0n) is 14.1. The number of nitrogens with zero attached hydrogens (tertiary/aromatic N) is 1. The first-order chi connectivity index (χ1) is 11.6. The summed E-state index contributed by atoms with van der Waals surface area (Å²) in [6.45, 7) is 4.06. The Bertz CT molecular complexity index is 755. The van der Waals surface area contributed by atoms with Crippen LogP contribution in [0.5, 0.6) is 0 Å². The van der Waals surface area contributed by atoms with Crippen molar-refractivity contribution in [1.82, 2.24) is 0 Å². The number of anilines is 2. The molecule has 0 bridgehead atoms. The molecule has 1 atom stereocenters. The van der Waals surface area contributed by atoms with Gasteiger partial charge in [-0.1, -0.05) is 37.3 Å². The molecule has 1 saturated heterocycles. The van der Waals surface area contributed by atoms with Crippen LogP contribution in [0.2, 0.25) is 0 Å². The van der Waals surface area contributed by atoms with E-state index in [2.05, 4.69) is 18.3 Å². The van der Waals surface area contributed by atoms with Gasteiger partial charge in [-0.3, -0.25) is 14.5 Å². The molecule has 2 aromatic carbocycles. The molecule has 2 aromatic rings. The SMILES string of the molecule is CCc1ccc(C)c(NC(=O)C2CCC(=O)N2c2ccccc2)c1. The highest BCUT2D eigenvalue weighted by molar-refractivity contribution is 6.07. The molecule has 1 unspecified atom stereocenters. The van der Waals surface area contributed by atoms with E-state index >= 15 is 0 Å². The second-order valence-electron chi connectivity index (χ2n) is 6.15. The molecule has 1 aliphatic heterocycles. The quantitative estimate of drug-likeness (QED) is 0.933. The average molecular weight is 322 g/mol. The predicted molar refractivity (Wildman–Crippen MR) is 96.1 cm³/mol. The minimum absolute atomic E-state index is 0.000353. The summed E-state index contributed by atoms with van der Waals surface area (Å²) in [5.41, 5.74) is 3.81. The Morgan fingerprint density at radius 3 is 2.67 bits per heavy atom. The minimum atomic E-state index is -0.454. The van der Waals surface area contributed by atoms with Crippen LogP contribution in [0.3, 0.4) is 0 Å². The molecule has 1 fully saturated rings. The standard InChI is InChI=1S/C20H22N2O2/c1-3-15-10-9-14(2)17(13-15)21-20(24)18-11-12-19(23)22(18)16-7-5-4-6-8-16/h4-10,13,18H,3,11-12H2,1-2H3,(H,21,24). The monoisotopic (exact) mass is 322 g/mol. The summed E-state index contributed by atoms with van der Waals surface area (Å²) in [5.74, 6) is -0.124. The number of hydrogen-bond donors (Lipinski definition) is 1. The number of carbonyl (C=O) groups excluding carboxylic acids is 2. The van der Waals surface area contributed by atoms with Gasteiger partial charge in [-0.25, -0.2) is 0 Å². The Kier molecular flexibility index (Phi) is 4.65. The smallest absolute Gasteiger partial charge is 0.247 e. The largest absolute Gasteiger partial charge is 0.324 e. The molecule has 2 amide bonds. The maximum absolute atomic E-state index is 12.8. The van der Waals surface area contributed by atoms with Gasteiger partial charge in [-0.05, 0) is 49.1 Å². The zero-order valence-corrected chi connectivity index (χ0v) is 14.1. The predicted octanol–water partition coefficient (Wildman–Crippen LogP) is 3.69. The zero-order chi connectivity index (χ0) is 17.1. The van der Waals surface area contributed by atoms with Crippen molar-refractivity contribution in [2.24, 2.45) is 0 Å². The van der Waals surface area contributed by atoms with E-state index in [-0.39, 0.29) is 11.8 Å². The molecule has 3 rings (SSSR count). The lowest BCUT2D eigenvalue weighted by molar-refractivity contribution is -0.120. The minimum Gasteiger partial charge on any atom is -0.324 e. The Labute approximate surface area is 142 Å². The number of benzene rings is 2. The summed E-state index contributed by atoms with van der Waals surface area (Å²) in [4.78, 5) is 26.7. The van der Waals surface area contributed by atoms with Gasteiger partial charge in [0.2, 0.25) is 11.8 Å². The van der Waals surface area contributed by atoms with Crippen LogP contribution in [0.1, 0.15) is 30.9 Å². The van der Waals surface area contributed by atoms with E-state index in [0.29, 0.717) is 12.8 Å². The summed E-state index contributed by atoms with van der Waals surface area (Å²) in [5, 5.41) is 3.01. The fourth-order valence-corrected chi connectivity index (χ4v) is 3.08. The number of rotatable bonds is 4. The molecule has 0 aliphatic carbocycles. The van der Waals surface area contributed by atoms with Gasteiger partial charge in [0.1, 0.15) is 6.04 Å². The van der Waals surface area contributed by atoms with Gasteiger partial charge in [0.05, 0.1) is 0 Å². The number of carbonyl (C=O) groups is 2. The van der Waals surface area contributed by atoms with Crippen LogP contribution in [-0.2, 0) is 16.0 Å². The molecule has 4 heteroatoms. The van der Waals surface area contributed by atoms with Crippen LogP contribution in [0.4, 0.5) is 11.4 Å². The van der Waals surface area contributed by atoms with E-state index in [0.717, 1.165) is 23.4 Å². The molecular formula is C20H22N2O2. The van der Waals surface area contributed by atoms with Crippen LogP contribution in [0, 0.1) is 6.92 Å². The molecule has 0 saturated carbocycles. The first-order valence-corrected chi connectivity index (χ1v) is 8.37. The van der Waals surface area contributed by atoms with Gasteiger partial charge < -0.3 is 5.32 Å². The summed E-state index contributed by atoms with van der Waals surface area (Å²) < 4.78 is 0. The van der Waals surface area contributed by atoms with Crippen molar-refractivity contribution >= 4 is 23.2 Å². The second-order valence-corrected chi connectivity index (χ2v) is 6.15. The highest BCUT2D eigenvalue weighted by Gasteiger charge is 2.37. The summed E-state index contributed by atoms with van der Waals surface area (Å²) >= 11 is 0. The topological polar surface area (TPSA) is 49.4 Å². The third-order valence-electron chi connectivity index (χ3n) is 4.52.